The summed E-state index contributed by atoms with van der Waals surface area (Å²) in [4.78, 5) is 23.4. The molecule has 0 saturated heterocycles. The Bertz CT molecular complexity index is 490. The predicted molar refractivity (Wildman–Crippen MR) is 72.5 cm³/mol. The molecule has 0 aliphatic heterocycles. The molecule has 1 amide bonds. The highest BCUT2D eigenvalue weighted by atomic mass is 16.2. The van der Waals surface area contributed by atoms with Crippen LogP contribution in [-0.2, 0) is 11.3 Å². The molecule has 1 fully saturated rings. The van der Waals surface area contributed by atoms with Gasteiger partial charge in [0.15, 0.2) is 0 Å². The largest absolute Gasteiger partial charge is 0.382 e. The van der Waals surface area contributed by atoms with Crippen LogP contribution in [0, 0.1) is 0 Å². The maximum atomic E-state index is 11.9. The monoisotopic (exact) mass is 264 g/mol. The highest BCUT2D eigenvalue weighted by Gasteiger charge is 2.15. The molecule has 0 aromatic carbocycles. The van der Waals surface area contributed by atoms with Crippen LogP contribution in [0.3, 0.4) is 0 Å². The molecule has 2 rings (SSSR count). The first kappa shape index (κ1) is 13.6. The van der Waals surface area contributed by atoms with Gasteiger partial charge in [-0.2, -0.15) is 5.10 Å². The van der Waals surface area contributed by atoms with Gasteiger partial charge in [-0.25, -0.2) is 4.68 Å². The number of nitrogen functional groups attached to an aromatic ring is 1. The Balaban J connectivity index is 1.93. The highest BCUT2D eigenvalue weighted by molar-refractivity contribution is 5.75. The molecule has 19 heavy (non-hydrogen) atoms. The van der Waals surface area contributed by atoms with Crippen LogP contribution >= 0.6 is 0 Å². The quantitative estimate of drug-likeness (QED) is 0.785. The molecule has 0 spiro atoms. The lowest BCUT2D eigenvalue weighted by Gasteiger charge is -2.16. The molecule has 1 aromatic rings. The molecule has 104 valence electrons. The van der Waals surface area contributed by atoms with Gasteiger partial charge in [0.2, 0.25) is 5.91 Å². The van der Waals surface area contributed by atoms with E-state index in [0.717, 1.165) is 30.4 Å². The smallest absolute Gasteiger partial charge is 0.267 e. The van der Waals surface area contributed by atoms with E-state index in [4.69, 9.17) is 5.73 Å². The van der Waals surface area contributed by atoms with Gasteiger partial charge in [-0.1, -0.05) is 25.7 Å². The molecule has 1 saturated carbocycles. The normalized spacial score (nSPS) is 16.8. The highest BCUT2D eigenvalue weighted by Crippen LogP contribution is 2.17. The van der Waals surface area contributed by atoms with Crippen molar-refractivity contribution in [3.05, 3.63) is 22.5 Å². The van der Waals surface area contributed by atoms with Crippen LogP contribution in [0.1, 0.15) is 38.5 Å². The zero-order chi connectivity index (χ0) is 13.7. The average Bonchev–Trinajstić information content (AvgIpc) is 2.62. The first-order valence-corrected chi connectivity index (χ1v) is 6.78. The van der Waals surface area contributed by atoms with Crippen LogP contribution in [0.4, 0.5) is 5.82 Å². The molecule has 6 nitrogen and oxygen atoms in total. The summed E-state index contributed by atoms with van der Waals surface area (Å²) in [7, 11) is 0. The standard InChI is InChI=1S/C13H20N4O2/c14-11-7-8-13(19)17(16-11)9-12(18)15-10-5-3-1-2-4-6-10/h7-8,10H,1-6,9H2,(H2,14,16)(H,15,18). The van der Waals surface area contributed by atoms with Crippen molar-refractivity contribution < 1.29 is 4.79 Å². The van der Waals surface area contributed by atoms with Crippen LogP contribution in [-0.4, -0.2) is 21.7 Å². The van der Waals surface area contributed by atoms with Crippen molar-refractivity contribution in [3.63, 3.8) is 0 Å². The van der Waals surface area contributed by atoms with Crippen molar-refractivity contribution in [1.82, 2.24) is 15.1 Å². The predicted octanol–water partition coefficient (Wildman–Crippen LogP) is 0.664. The van der Waals surface area contributed by atoms with Crippen molar-refractivity contribution in [2.45, 2.75) is 51.1 Å². The fraction of sp³-hybridized carbons (Fsp3) is 0.615. The van der Waals surface area contributed by atoms with Crippen LogP contribution in [0.5, 0.6) is 0 Å². The van der Waals surface area contributed by atoms with Gasteiger partial charge in [-0.05, 0) is 18.9 Å². The van der Waals surface area contributed by atoms with Gasteiger partial charge in [-0.3, -0.25) is 9.59 Å². The van der Waals surface area contributed by atoms with Gasteiger partial charge in [0.25, 0.3) is 5.56 Å². The number of aromatic nitrogens is 2. The van der Waals surface area contributed by atoms with Crippen molar-refractivity contribution in [2.24, 2.45) is 0 Å². The molecule has 0 atom stereocenters. The minimum absolute atomic E-state index is 0.0691. The summed E-state index contributed by atoms with van der Waals surface area (Å²) in [5, 5.41) is 6.82. The van der Waals surface area contributed by atoms with Gasteiger partial charge < -0.3 is 11.1 Å². The minimum atomic E-state index is -0.315. The molecule has 1 aliphatic carbocycles. The van der Waals surface area contributed by atoms with Crippen LogP contribution in [0.25, 0.3) is 0 Å². The number of anilines is 1. The number of hydrogen-bond donors (Lipinski definition) is 2. The number of carbonyl (C=O) groups excluding carboxylic acids is 1. The second-order valence-corrected chi connectivity index (χ2v) is 5.01. The Morgan fingerprint density at radius 1 is 1.32 bits per heavy atom. The maximum Gasteiger partial charge on any atom is 0.267 e. The molecule has 1 aliphatic rings. The number of amides is 1. The van der Waals surface area contributed by atoms with E-state index < -0.39 is 0 Å². The van der Waals surface area contributed by atoms with Gasteiger partial charge in [0.1, 0.15) is 12.4 Å². The molecule has 1 aromatic heterocycles. The number of nitrogens with two attached hydrogens (primary N) is 1. The Labute approximate surface area is 112 Å². The summed E-state index contributed by atoms with van der Waals surface area (Å²) in [5.41, 5.74) is 5.19. The summed E-state index contributed by atoms with van der Waals surface area (Å²) in [6.07, 6.45) is 6.82. The fourth-order valence-corrected chi connectivity index (χ4v) is 2.41. The van der Waals surface area contributed by atoms with E-state index in [9.17, 15) is 9.59 Å². The lowest BCUT2D eigenvalue weighted by Crippen LogP contribution is -2.39. The zero-order valence-corrected chi connectivity index (χ0v) is 11.0. The van der Waals surface area contributed by atoms with E-state index in [1.807, 2.05) is 0 Å². The molecular formula is C13H20N4O2. The van der Waals surface area contributed by atoms with E-state index in [1.54, 1.807) is 0 Å². The number of rotatable bonds is 3. The molecule has 0 bridgehead atoms. The SMILES string of the molecule is Nc1ccc(=O)n(CC(=O)NC2CCCCCC2)n1. The number of carbonyl (C=O) groups is 1. The second kappa shape index (κ2) is 6.36. The Morgan fingerprint density at radius 2 is 2.00 bits per heavy atom. The third kappa shape index (κ3) is 4.08. The minimum Gasteiger partial charge on any atom is -0.382 e. The molecular weight excluding hydrogens is 244 g/mol. The van der Waals surface area contributed by atoms with Crippen LogP contribution in [0.15, 0.2) is 16.9 Å². The van der Waals surface area contributed by atoms with Gasteiger partial charge in [-0.15, -0.1) is 0 Å². The third-order valence-electron chi connectivity index (χ3n) is 3.40. The Hall–Kier alpha value is -1.85. The van der Waals surface area contributed by atoms with Crippen LogP contribution in [0.2, 0.25) is 0 Å². The third-order valence-corrected chi connectivity index (χ3v) is 3.40. The second-order valence-electron chi connectivity index (χ2n) is 5.01. The summed E-state index contributed by atoms with van der Waals surface area (Å²) < 4.78 is 1.10. The maximum absolute atomic E-state index is 11.9. The molecule has 0 unspecified atom stereocenters. The van der Waals surface area contributed by atoms with Gasteiger partial charge in [0, 0.05) is 12.1 Å². The van der Waals surface area contributed by atoms with Crippen molar-refractivity contribution in [3.8, 4) is 0 Å². The van der Waals surface area contributed by atoms with E-state index in [2.05, 4.69) is 10.4 Å². The summed E-state index contributed by atoms with van der Waals surface area (Å²) in [5.74, 6) is 0.0639. The topological polar surface area (TPSA) is 90.0 Å². The molecule has 6 heteroatoms. The number of hydrogen-bond acceptors (Lipinski definition) is 4. The van der Waals surface area contributed by atoms with Crippen LogP contribution < -0.4 is 16.6 Å². The van der Waals surface area contributed by atoms with Crippen molar-refractivity contribution in [2.75, 3.05) is 5.73 Å². The molecule has 3 N–H and O–H groups in total. The van der Waals surface area contributed by atoms with Crippen molar-refractivity contribution >= 4 is 11.7 Å². The molecule has 1 heterocycles. The van der Waals surface area contributed by atoms with Gasteiger partial charge >= 0.3 is 0 Å². The first-order chi connectivity index (χ1) is 9.15. The number of nitrogens with zero attached hydrogens (tertiary/aromatic N) is 2. The first-order valence-electron chi connectivity index (χ1n) is 6.78. The summed E-state index contributed by atoms with van der Waals surface area (Å²) in [6.45, 7) is -0.0691. The van der Waals surface area contributed by atoms with Crippen molar-refractivity contribution in [1.29, 1.82) is 0 Å². The van der Waals surface area contributed by atoms with E-state index in [0.29, 0.717) is 0 Å². The Kier molecular flexibility index (Phi) is 4.54. The lowest BCUT2D eigenvalue weighted by atomic mass is 10.1. The summed E-state index contributed by atoms with van der Waals surface area (Å²) in [6, 6.07) is 2.98. The van der Waals surface area contributed by atoms with E-state index >= 15 is 0 Å². The van der Waals surface area contributed by atoms with E-state index in [-0.39, 0.29) is 29.9 Å². The lowest BCUT2D eigenvalue weighted by molar-refractivity contribution is -0.122. The zero-order valence-electron chi connectivity index (χ0n) is 11.0. The Morgan fingerprint density at radius 3 is 2.68 bits per heavy atom. The number of nitrogens with one attached hydrogen (secondary N) is 1. The summed E-state index contributed by atoms with van der Waals surface area (Å²) >= 11 is 0. The van der Waals surface area contributed by atoms with E-state index in [1.165, 1.54) is 25.0 Å². The molecule has 0 radical (unpaired) electrons. The van der Waals surface area contributed by atoms with Gasteiger partial charge in [0.05, 0.1) is 0 Å². The fourth-order valence-electron chi connectivity index (χ4n) is 2.41. The average molecular weight is 264 g/mol.